The lowest BCUT2D eigenvalue weighted by atomic mass is 10.3. The highest BCUT2D eigenvalue weighted by Gasteiger charge is 2.11. The van der Waals surface area contributed by atoms with Crippen molar-refractivity contribution < 1.29 is 9.53 Å². The SMILES string of the molecule is C#CCN(CCCC)C(=O)OCC. The van der Waals surface area contributed by atoms with Crippen LogP contribution in [-0.2, 0) is 4.74 Å². The fourth-order valence-electron chi connectivity index (χ4n) is 0.909. The highest BCUT2D eigenvalue weighted by molar-refractivity contribution is 5.67. The molecule has 0 saturated heterocycles. The number of terminal acetylenes is 1. The Morgan fingerprint density at radius 1 is 1.54 bits per heavy atom. The molecule has 0 unspecified atom stereocenters. The predicted molar refractivity (Wildman–Crippen MR) is 52.3 cm³/mol. The van der Waals surface area contributed by atoms with Crippen LogP contribution in [0.15, 0.2) is 0 Å². The Morgan fingerprint density at radius 3 is 2.69 bits per heavy atom. The van der Waals surface area contributed by atoms with E-state index in [2.05, 4.69) is 12.8 Å². The zero-order valence-electron chi connectivity index (χ0n) is 8.38. The third-order valence-corrected chi connectivity index (χ3v) is 1.59. The van der Waals surface area contributed by atoms with Gasteiger partial charge in [0.1, 0.15) is 0 Å². The summed E-state index contributed by atoms with van der Waals surface area (Å²) >= 11 is 0. The van der Waals surface area contributed by atoms with E-state index in [0.29, 0.717) is 19.7 Å². The molecule has 3 heteroatoms. The second-order valence-corrected chi connectivity index (χ2v) is 2.68. The molecule has 3 nitrogen and oxygen atoms in total. The second kappa shape index (κ2) is 7.48. The molecule has 0 atom stereocenters. The quantitative estimate of drug-likeness (QED) is 0.609. The Kier molecular flexibility index (Phi) is 6.80. The minimum atomic E-state index is -0.311. The van der Waals surface area contributed by atoms with Crippen molar-refractivity contribution >= 4 is 6.09 Å². The summed E-state index contributed by atoms with van der Waals surface area (Å²) in [7, 11) is 0. The van der Waals surface area contributed by atoms with Crippen LogP contribution in [0.25, 0.3) is 0 Å². The molecule has 0 aliphatic carbocycles. The van der Waals surface area contributed by atoms with Gasteiger partial charge in [0.15, 0.2) is 0 Å². The van der Waals surface area contributed by atoms with Gasteiger partial charge >= 0.3 is 6.09 Å². The third kappa shape index (κ3) is 5.13. The topological polar surface area (TPSA) is 29.5 Å². The van der Waals surface area contributed by atoms with Crippen LogP contribution in [0.5, 0.6) is 0 Å². The lowest BCUT2D eigenvalue weighted by molar-refractivity contribution is 0.111. The monoisotopic (exact) mass is 183 g/mol. The lowest BCUT2D eigenvalue weighted by Crippen LogP contribution is -2.32. The van der Waals surface area contributed by atoms with Gasteiger partial charge in [-0.2, -0.15) is 0 Å². The van der Waals surface area contributed by atoms with Crippen molar-refractivity contribution in [2.45, 2.75) is 26.7 Å². The third-order valence-electron chi connectivity index (χ3n) is 1.59. The summed E-state index contributed by atoms with van der Waals surface area (Å²) < 4.78 is 4.85. The van der Waals surface area contributed by atoms with E-state index in [-0.39, 0.29) is 6.09 Å². The molecule has 0 aromatic carbocycles. The van der Waals surface area contributed by atoms with E-state index in [9.17, 15) is 4.79 Å². The molecule has 1 amide bonds. The summed E-state index contributed by atoms with van der Waals surface area (Å²) in [5.41, 5.74) is 0. The van der Waals surface area contributed by atoms with E-state index in [1.807, 2.05) is 0 Å². The maximum atomic E-state index is 11.2. The zero-order chi connectivity index (χ0) is 10.1. The highest BCUT2D eigenvalue weighted by atomic mass is 16.6. The fraction of sp³-hybridized carbons (Fsp3) is 0.700. The first-order valence-electron chi connectivity index (χ1n) is 4.61. The van der Waals surface area contributed by atoms with E-state index in [1.54, 1.807) is 11.8 Å². The molecule has 0 aromatic rings. The summed E-state index contributed by atoms with van der Waals surface area (Å²) in [6, 6.07) is 0. The van der Waals surface area contributed by atoms with Crippen molar-refractivity contribution in [3.8, 4) is 12.3 Å². The predicted octanol–water partition coefficient (Wildman–Crippen LogP) is 1.88. The molecule has 0 aliphatic rings. The first kappa shape index (κ1) is 11.8. The number of carbonyl (C=O) groups excluding carboxylic acids is 1. The average molecular weight is 183 g/mol. The minimum Gasteiger partial charge on any atom is -0.450 e. The molecule has 0 aromatic heterocycles. The van der Waals surface area contributed by atoms with E-state index in [1.165, 1.54) is 0 Å². The summed E-state index contributed by atoms with van der Waals surface area (Å²) in [5, 5.41) is 0. The fourth-order valence-corrected chi connectivity index (χ4v) is 0.909. The van der Waals surface area contributed by atoms with Gasteiger partial charge in [-0.15, -0.1) is 6.42 Å². The maximum Gasteiger partial charge on any atom is 0.410 e. The van der Waals surface area contributed by atoms with Crippen molar-refractivity contribution in [1.29, 1.82) is 0 Å². The molecule has 0 fully saturated rings. The summed E-state index contributed by atoms with van der Waals surface area (Å²) in [4.78, 5) is 12.8. The van der Waals surface area contributed by atoms with Crippen molar-refractivity contribution in [2.75, 3.05) is 19.7 Å². The zero-order valence-corrected chi connectivity index (χ0v) is 8.38. The summed E-state index contributed by atoms with van der Waals surface area (Å²) in [6.45, 7) is 5.26. The van der Waals surface area contributed by atoms with E-state index < -0.39 is 0 Å². The van der Waals surface area contributed by atoms with E-state index in [4.69, 9.17) is 11.2 Å². The van der Waals surface area contributed by atoms with Crippen molar-refractivity contribution in [3.05, 3.63) is 0 Å². The van der Waals surface area contributed by atoms with Gasteiger partial charge in [-0.25, -0.2) is 4.79 Å². The van der Waals surface area contributed by atoms with E-state index >= 15 is 0 Å². The van der Waals surface area contributed by atoms with Gasteiger partial charge in [-0.3, -0.25) is 4.90 Å². The number of rotatable bonds is 5. The highest BCUT2D eigenvalue weighted by Crippen LogP contribution is 1.97. The standard InChI is InChI=1S/C10H17NO2/c1-4-7-9-11(8-5-2)10(12)13-6-3/h2H,4,6-9H2,1,3H3. The molecular weight excluding hydrogens is 166 g/mol. The Bertz CT molecular complexity index is 184. The van der Waals surface area contributed by atoms with Crippen LogP contribution in [0.4, 0.5) is 4.79 Å². The van der Waals surface area contributed by atoms with Crippen LogP contribution in [0.3, 0.4) is 0 Å². The molecular formula is C10H17NO2. The average Bonchev–Trinajstić information content (AvgIpc) is 2.12. The van der Waals surface area contributed by atoms with Gasteiger partial charge < -0.3 is 4.74 Å². The molecule has 74 valence electrons. The number of ether oxygens (including phenoxy) is 1. The molecule has 0 rings (SSSR count). The Labute approximate surface area is 80.1 Å². The number of hydrogen-bond donors (Lipinski definition) is 0. The number of amides is 1. The van der Waals surface area contributed by atoms with Crippen LogP contribution >= 0.6 is 0 Å². The molecule has 0 heterocycles. The molecule has 0 bridgehead atoms. The first-order valence-corrected chi connectivity index (χ1v) is 4.61. The molecule has 0 aliphatic heterocycles. The van der Waals surface area contributed by atoms with Gasteiger partial charge in [0.05, 0.1) is 13.2 Å². The Balaban J connectivity index is 3.92. The maximum absolute atomic E-state index is 11.2. The van der Waals surface area contributed by atoms with Crippen LogP contribution in [-0.4, -0.2) is 30.7 Å². The molecule has 0 radical (unpaired) electrons. The number of hydrogen-bond acceptors (Lipinski definition) is 2. The summed E-state index contributed by atoms with van der Waals surface area (Å²) in [5.74, 6) is 2.44. The van der Waals surface area contributed by atoms with Gasteiger partial charge in [-0.1, -0.05) is 19.3 Å². The lowest BCUT2D eigenvalue weighted by Gasteiger charge is -2.18. The normalized spacial score (nSPS) is 9.00. The first-order chi connectivity index (χ1) is 6.26. The number of carbonyl (C=O) groups is 1. The Hall–Kier alpha value is -1.17. The number of unbranched alkanes of at least 4 members (excludes halogenated alkanes) is 1. The van der Waals surface area contributed by atoms with Crippen molar-refractivity contribution in [3.63, 3.8) is 0 Å². The van der Waals surface area contributed by atoms with Crippen molar-refractivity contribution in [1.82, 2.24) is 4.90 Å². The summed E-state index contributed by atoms with van der Waals surface area (Å²) in [6.07, 6.45) is 6.83. The second-order valence-electron chi connectivity index (χ2n) is 2.68. The van der Waals surface area contributed by atoms with Crippen LogP contribution < -0.4 is 0 Å². The Morgan fingerprint density at radius 2 is 2.23 bits per heavy atom. The molecule has 13 heavy (non-hydrogen) atoms. The van der Waals surface area contributed by atoms with E-state index in [0.717, 1.165) is 12.8 Å². The van der Waals surface area contributed by atoms with Gasteiger partial charge in [0.2, 0.25) is 0 Å². The minimum absolute atomic E-state index is 0.311. The van der Waals surface area contributed by atoms with Gasteiger partial charge in [0.25, 0.3) is 0 Å². The number of nitrogens with zero attached hydrogens (tertiary/aromatic N) is 1. The molecule has 0 saturated carbocycles. The van der Waals surface area contributed by atoms with Crippen LogP contribution in [0, 0.1) is 12.3 Å². The van der Waals surface area contributed by atoms with Crippen molar-refractivity contribution in [2.24, 2.45) is 0 Å². The largest absolute Gasteiger partial charge is 0.450 e. The van der Waals surface area contributed by atoms with Crippen LogP contribution in [0.2, 0.25) is 0 Å². The molecule has 0 spiro atoms. The smallest absolute Gasteiger partial charge is 0.410 e. The van der Waals surface area contributed by atoms with Gasteiger partial charge in [0, 0.05) is 6.54 Å². The molecule has 0 N–H and O–H groups in total. The van der Waals surface area contributed by atoms with Crippen LogP contribution in [0.1, 0.15) is 26.7 Å². The van der Waals surface area contributed by atoms with Gasteiger partial charge in [-0.05, 0) is 13.3 Å².